The van der Waals surface area contributed by atoms with Crippen LogP contribution in [0.3, 0.4) is 0 Å². The van der Waals surface area contributed by atoms with Gasteiger partial charge in [-0.25, -0.2) is 4.79 Å². The highest BCUT2D eigenvalue weighted by atomic mass is 16.5. The third kappa shape index (κ3) is 5.62. The van der Waals surface area contributed by atoms with Crippen molar-refractivity contribution in [3.63, 3.8) is 0 Å². The maximum Gasteiger partial charge on any atom is 0.407 e. The van der Waals surface area contributed by atoms with Crippen molar-refractivity contribution in [3.05, 3.63) is 0 Å². The first kappa shape index (κ1) is 12.3. The van der Waals surface area contributed by atoms with Gasteiger partial charge in [-0.05, 0) is 32.2 Å². The third-order valence-electron chi connectivity index (χ3n) is 2.75. The van der Waals surface area contributed by atoms with Crippen molar-refractivity contribution in [2.45, 2.75) is 32.6 Å². The molecule has 0 unspecified atom stereocenters. The van der Waals surface area contributed by atoms with Gasteiger partial charge in [-0.3, -0.25) is 0 Å². The standard InChI is InChI=1S/C11H22N2O2/c1-2-15-11(14)13-8-7-12-9-10-5-3-4-6-10/h10,12H,2-9H2,1H3,(H,13,14). The number of hydrogen-bond donors (Lipinski definition) is 2. The van der Waals surface area contributed by atoms with Gasteiger partial charge in [-0.15, -0.1) is 0 Å². The minimum absolute atomic E-state index is 0.319. The fourth-order valence-corrected chi connectivity index (χ4v) is 1.96. The van der Waals surface area contributed by atoms with Crippen LogP contribution in [0.2, 0.25) is 0 Å². The Morgan fingerprint density at radius 1 is 1.33 bits per heavy atom. The smallest absolute Gasteiger partial charge is 0.407 e. The molecule has 4 nitrogen and oxygen atoms in total. The van der Waals surface area contributed by atoms with Crippen molar-refractivity contribution in [1.82, 2.24) is 10.6 Å². The number of alkyl carbamates (subject to hydrolysis) is 1. The molecule has 1 aliphatic rings. The maximum atomic E-state index is 10.9. The molecule has 0 aromatic rings. The molecule has 0 spiro atoms. The molecule has 1 aliphatic carbocycles. The van der Waals surface area contributed by atoms with Crippen molar-refractivity contribution in [2.24, 2.45) is 5.92 Å². The summed E-state index contributed by atoms with van der Waals surface area (Å²) < 4.78 is 4.74. The van der Waals surface area contributed by atoms with Gasteiger partial charge in [0.1, 0.15) is 0 Å². The van der Waals surface area contributed by atoms with Crippen molar-refractivity contribution in [1.29, 1.82) is 0 Å². The maximum absolute atomic E-state index is 10.9. The zero-order valence-electron chi connectivity index (χ0n) is 9.55. The van der Waals surface area contributed by atoms with Gasteiger partial charge in [0.25, 0.3) is 0 Å². The van der Waals surface area contributed by atoms with Crippen LogP contribution in [0.5, 0.6) is 0 Å². The molecule has 0 atom stereocenters. The summed E-state index contributed by atoms with van der Waals surface area (Å²) in [6, 6.07) is 0. The summed E-state index contributed by atoms with van der Waals surface area (Å²) in [6.07, 6.45) is 5.16. The quantitative estimate of drug-likeness (QED) is 0.659. The second-order valence-electron chi connectivity index (χ2n) is 4.00. The second kappa shape index (κ2) is 7.51. The minimum Gasteiger partial charge on any atom is -0.450 e. The first-order chi connectivity index (χ1) is 7.33. The Bertz CT molecular complexity index is 179. The molecule has 0 aromatic heterocycles. The van der Waals surface area contributed by atoms with Gasteiger partial charge in [-0.2, -0.15) is 0 Å². The van der Waals surface area contributed by atoms with E-state index in [0.717, 1.165) is 19.0 Å². The Kier molecular flexibility index (Phi) is 6.16. The Labute approximate surface area is 91.8 Å². The number of nitrogens with one attached hydrogen (secondary N) is 2. The van der Waals surface area contributed by atoms with Crippen molar-refractivity contribution < 1.29 is 9.53 Å². The number of rotatable bonds is 6. The van der Waals surface area contributed by atoms with Crippen LogP contribution in [-0.4, -0.2) is 32.3 Å². The number of ether oxygens (including phenoxy) is 1. The Balaban J connectivity index is 1.86. The van der Waals surface area contributed by atoms with E-state index < -0.39 is 0 Å². The second-order valence-corrected chi connectivity index (χ2v) is 4.00. The van der Waals surface area contributed by atoms with Gasteiger partial charge in [-0.1, -0.05) is 12.8 Å². The predicted octanol–water partition coefficient (Wildman–Crippen LogP) is 1.51. The highest BCUT2D eigenvalue weighted by Gasteiger charge is 2.13. The first-order valence-electron chi connectivity index (χ1n) is 5.94. The molecule has 1 amide bonds. The van der Waals surface area contributed by atoms with Crippen LogP contribution in [0.1, 0.15) is 32.6 Å². The lowest BCUT2D eigenvalue weighted by atomic mass is 10.1. The SMILES string of the molecule is CCOC(=O)NCCNCC1CCCC1. The summed E-state index contributed by atoms with van der Waals surface area (Å²) in [5.41, 5.74) is 0. The van der Waals surface area contributed by atoms with Gasteiger partial charge in [0, 0.05) is 13.1 Å². The van der Waals surface area contributed by atoms with E-state index in [2.05, 4.69) is 10.6 Å². The lowest BCUT2D eigenvalue weighted by molar-refractivity contribution is 0.152. The van der Waals surface area contributed by atoms with Crippen LogP contribution in [0.15, 0.2) is 0 Å². The molecule has 0 radical (unpaired) electrons. The lowest BCUT2D eigenvalue weighted by Gasteiger charge is -2.10. The number of amides is 1. The zero-order chi connectivity index (χ0) is 10.9. The molecule has 15 heavy (non-hydrogen) atoms. The molecule has 0 aromatic carbocycles. The van der Waals surface area contributed by atoms with Crippen LogP contribution < -0.4 is 10.6 Å². The molecule has 0 saturated heterocycles. The summed E-state index contributed by atoms with van der Waals surface area (Å²) in [7, 11) is 0. The fraction of sp³-hybridized carbons (Fsp3) is 0.909. The molecule has 4 heteroatoms. The van der Waals surface area contributed by atoms with Crippen LogP contribution in [0.25, 0.3) is 0 Å². The van der Waals surface area contributed by atoms with E-state index in [-0.39, 0.29) is 6.09 Å². The van der Waals surface area contributed by atoms with Crippen molar-refractivity contribution in [3.8, 4) is 0 Å². The summed E-state index contributed by atoms with van der Waals surface area (Å²) in [4.78, 5) is 10.9. The third-order valence-corrected chi connectivity index (χ3v) is 2.75. The lowest BCUT2D eigenvalue weighted by Crippen LogP contribution is -2.33. The number of hydrogen-bond acceptors (Lipinski definition) is 3. The van der Waals surface area contributed by atoms with E-state index in [4.69, 9.17) is 4.74 Å². The summed E-state index contributed by atoms with van der Waals surface area (Å²) in [6.45, 7) is 4.80. The molecule has 1 fully saturated rings. The Morgan fingerprint density at radius 2 is 2.07 bits per heavy atom. The van der Waals surface area contributed by atoms with Gasteiger partial charge in [0.15, 0.2) is 0 Å². The van der Waals surface area contributed by atoms with E-state index in [0.29, 0.717) is 13.2 Å². The molecule has 1 rings (SSSR count). The normalized spacial score (nSPS) is 16.6. The molecule has 0 bridgehead atoms. The first-order valence-corrected chi connectivity index (χ1v) is 5.94. The van der Waals surface area contributed by atoms with Crippen molar-refractivity contribution >= 4 is 6.09 Å². The number of carbonyl (C=O) groups is 1. The van der Waals surface area contributed by atoms with Crippen molar-refractivity contribution in [2.75, 3.05) is 26.2 Å². The van der Waals surface area contributed by atoms with E-state index in [1.165, 1.54) is 25.7 Å². The molecule has 2 N–H and O–H groups in total. The largest absolute Gasteiger partial charge is 0.450 e. The van der Waals surface area contributed by atoms with E-state index in [1.54, 1.807) is 6.92 Å². The molecular formula is C11H22N2O2. The van der Waals surface area contributed by atoms with Crippen LogP contribution in [0, 0.1) is 5.92 Å². The van der Waals surface area contributed by atoms with Gasteiger partial charge in [0.2, 0.25) is 0 Å². The summed E-state index contributed by atoms with van der Waals surface area (Å²) in [5, 5.41) is 6.04. The molecule has 0 aliphatic heterocycles. The van der Waals surface area contributed by atoms with Gasteiger partial charge >= 0.3 is 6.09 Å². The average molecular weight is 214 g/mol. The highest BCUT2D eigenvalue weighted by Crippen LogP contribution is 2.23. The minimum atomic E-state index is -0.319. The molecular weight excluding hydrogens is 192 g/mol. The van der Waals surface area contributed by atoms with E-state index >= 15 is 0 Å². The highest BCUT2D eigenvalue weighted by molar-refractivity contribution is 5.66. The van der Waals surface area contributed by atoms with E-state index in [9.17, 15) is 4.79 Å². The molecule has 1 saturated carbocycles. The topological polar surface area (TPSA) is 50.4 Å². The summed E-state index contributed by atoms with van der Waals surface area (Å²) in [5.74, 6) is 0.854. The van der Waals surface area contributed by atoms with E-state index in [1.807, 2.05) is 0 Å². The molecule has 88 valence electrons. The monoisotopic (exact) mass is 214 g/mol. The van der Waals surface area contributed by atoms with Crippen LogP contribution in [-0.2, 0) is 4.74 Å². The fourth-order valence-electron chi connectivity index (χ4n) is 1.96. The summed E-state index contributed by atoms with van der Waals surface area (Å²) >= 11 is 0. The van der Waals surface area contributed by atoms with Crippen LogP contribution in [0.4, 0.5) is 4.79 Å². The Hall–Kier alpha value is -0.770. The zero-order valence-corrected chi connectivity index (χ0v) is 9.55. The van der Waals surface area contributed by atoms with Crippen LogP contribution >= 0.6 is 0 Å². The average Bonchev–Trinajstić information content (AvgIpc) is 2.70. The predicted molar refractivity (Wildman–Crippen MR) is 59.9 cm³/mol. The van der Waals surface area contributed by atoms with Gasteiger partial charge in [0.05, 0.1) is 6.61 Å². The molecule has 0 heterocycles. The van der Waals surface area contributed by atoms with Gasteiger partial charge < -0.3 is 15.4 Å². The Morgan fingerprint density at radius 3 is 2.73 bits per heavy atom. The number of carbonyl (C=O) groups excluding carboxylic acids is 1.